The predicted octanol–water partition coefficient (Wildman–Crippen LogP) is 1.84. The van der Waals surface area contributed by atoms with Crippen molar-refractivity contribution < 1.29 is 19.4 Å². The lowest BCUT2D eigenvalue weighted by molar-refractivity contribution is -0.138. The molecule has 7 heteroatoms. The fourth-order valence-corrected chi connectivity index (χ4v) is 1.14. The molecule has 0 amide bonds. The molecule has 0 aromatic heterocycles. The van der Waals surface area contributed by atoms with Crippen LogP contribution in [0.1, 0.15) is 5.56 Å². The summed E-state index contributed by atoms with van der Waals surface area (Å²) in [7, 11) is 0. The Balaban J connectivity index is 2.89. The molecule has 0 fully saturated rings. The smallest absolute Gasteiger partial charge is 0.312 e. The summed E-state index contributed by atoms with van der Waals surface area (Å²) < 4.78 is 12.9. The van der Waals surface area contributed by atoms with Gasteiger partial charge in [-0.15, -0.1) is 0 Å². The van der Waals surface area contributed by atoms with E-state index in [1.807, 2.05) is 0 Å². The molecule has 0 aliphatic carbocycles. The van der Waals surface area contributed by atoms with E-state index in [1.165, 1.54) is 6.07 Å². The summed E-state index contributed by atoms with van der Waals surface area (Å²) in [5.41, 5.74) is 8.47. The molecule has 1 unspecified atom stereocenters. The van der Waals surface area contributed by atoms with E-state index in [2.05, 4.69) is 10.0 Å². The highest BCUT2D eigenvalue weighted by Crippen LogP contribution is 2.17. The van der Waals surface area contributed by atoms with Crippen LogP contribution < -0.4 is 0 Å². The van der Waals surface area contributed by atoms with Gasteiger partial charge in [0.05, 0.1) is 0 Å². The molecule has 0 heterocycles. The molecule has 0 saturated heterocycles. The molecule has 0 bridgehead atoms. The van der Waals surface area contributed by atoms with E-state index in [1.54, 1.807) is 0 Å². The molecule has 6 nitrogen and oxygen atoms in total. The molecular weight excluding hydrogens is 217 g/mol. The predicted molar refractivity (Wildman–Crippen MR) is 52.3 cm³/mol. The molecule has 0 aliphatic rings. The van der Waals surface area contributed by atoms with Gasteiger partial charge in [-0.3, -0.25) is 4.79 Å². The lowest BCUT2D eigenvalue weighted by atomic mass is 10.1. The highest BCUT2D eigenvalue weighted by molar-refractivity contribution is 5.74. The van der Waals surface area contributed by atoms with Crippen LogP contribution in [0.5, 0.6) is 5.75 Å². The topological polar surface area (TPSA) is 106 Å². The first kappa shape index (κ1) is 11.8. The third kappa shape index (κ3) is 2.86. The van der Waals surface area contributed by atoms with Gasteiger partial charge in [-0.05, 0) is 29.6 Å². The Hall–Kier alpha value is -2.27. The Bertz CT molecular complexity index is 455. The minimum absolute atomic E-state index is 0.128. The van der Waals surface area contributed by atoms with Crippen molar-refractivity contribution in [3.05, 3.63) is 40.0 Å². The molecule has 1 aromatic rings. The van der Waals surface area contributed by atoms with E-state index in [9.17, 15) is 9.18 Å². The second-order valence-corrected chi connectivity index (χ2v) is 3.05. The van der Waals surface area contributed by atoms with Crippen LogP contribution in [0.2, 0.25) is 0 Å². The normalized spacial score (nSPS) is 11.6. The van der Waals surface area contributed by atoms with E-state index in [0.717, 1.165) is 12.1 Å². The average molecular weight is 225 g/mol. The maximum atomic E-state index is 12.9. The number of halogens is 1. The van der Waals surface area contributed by atoms with Crippen molar-refractivity contribution in [2.45, 2.75) is 12.5 Å². The quantitative estimate of drug-likeness (QED) is 0.463. The Morgan fingerprint density at radius 3 is 2.81 bits per heavy atom. The second-order valence-electron chi connectivity index (χ2n) is 3.05. The number of phenols is 1. The van der Waals surface area contributed by atoms with Crippen LogP contribution in [-0.2, 0) is 11.2 Å². The monoisotopic (exact) mass is 225 g/mol. The van der Waals surface area contributed by atoms with Gasteiger partial charge in [0.1, 0.15) is 6.04 Å². The highest BCUT2D eigenvalue weighted by atomic mass is 19.1. The van der Waals surface area contributed by atoms with Crippen LogP contribution in [0.25, 0.3) is 10.4 Å². The summed E-state index contributed by atoms with van der Waals surface area (Å²) in [4.78, 5) is 13.0. The zero-order valence-electron chi connectivity index (χ0n) is 8.04. The largest absolute Gasteiger partial charge is 0.505 e. The third-order valence-electron chi connectivity index (χ3n) is 1.92. The number of azide groups is 1. The number of aromatic hydroxyl groups is 1. The Labute approximate surface area is 89.6 Å². The number of benzene rings is 1. The number of rotatable bonds is 4. The number of carboxylic acid groups (broad SMARTS) is 1. The van der Waals surface area contributed by atoms with Crippen molar-refractivity contribution in [2.24, 2.45) is 5.11 Å². The molecule has 0 aliphatic heterocycles. The van der Waals surface area contributed by atoms with Crippen LogP contribution in [0.15, 0.2) is 23.3 Å². The fourth-order valence-electron chi connectivity index (χ4n) is 1.14. The van der Waals surface area contributed by atoms with Gasteiger partial charge in [0, 0.05) is 4.91 Å². The summed E-state index contributed by atoms with van der Waals surface area (Å²) in [5, 5.41) is 20.7. The first-order valence-corrected chi connectivity index (χ1v) is 4.29. The number of hydrogen-bond donors (Lipinski definition) is 2. The number of carbonyl (C=O) groups is 1. The highest BCUT2D eigenvalue weighted by Gasteiger charge is 2.16. The molecule has 1 rings (SSSR count). The Morgan fingerprint density at radius 2 is 2.31 bits per heavy atom. The molecule has 0 radical (unpaired) electrons. The Kier molecular flexibility index (Phi) is 3.68. The molecule has 16 heavy (non-hydrogen) atoms. The zero-order valence-corrected chi connectivity index (χ0v) is 8.04. The van der Waals surface area contributed by atoms with E-state index < -0.39 is 23.6 Å². The summed E-state index contributed by atoms with van der Waals surface area (Å²) in [5.74, 6) is -2.65. The molecular formula is C9H8FN3O3. The van der Waals surface area contributed by atoms with Crippen LogP contribution >= 0.6 is 0 Å². The minimum Gasteiger partial charge on any atom is -0.505 e. The summed E-state index contributed by atoms with van der Waals surface area (Å²) in [6.07, 6.45) is -0.128. The van der Waals surface area contributed by atoms with Gasteiger partial charge in [-0.25, -0.2) is 4.39 Å². The fraction of sp³-hybridized carbons (Fsp3) is 0.222. The number of hydrogen-bond acceptors (Lipinski definition) is 3. The van der Waals surface area contributed by atoms with Gasteiger partial charge < -0.3 is 10.2 Å². The van der Waals surface area contributed by atoms with Crippen molar-refractivity contribution in [2.75, 3.05) is 0 Å². The van der Waals surface area contributed by atoms with Gasteiger partial charge in [0.25, 0.3) is 0 Å². The van der Waals surface area contributed by atoms with Crippen molar-refractivity contribution >= 4 is 5.97 Å². The number of nitrogens with zero attached hydrogens (tertiary/aromatic N) is 3. The summed E-state index contributed by atoms with van der Waals surface area (Å²) in [6.45, 7) is 0. The number of carboxylic acids is 1. The first-order valence-electron chi connectivity index (χ1n) is 4.29. The van der Waals surface area contributed by atoms with Crippen LogP contribution in [-0.4, -0.2) is 22.2 Å². The SMILES string of the molecule is [N-]=[N+]=NC(Cc1ccc(O)c(F)c1)C(=O)O. The molecule has 0 saturated carbocycles. The minimum atomic E-state index is -1.29. The van der Waals surface area contributed by atoms with E-state index in [0.29, 0.717) is 5.56 Å². The van der Waals surface area contributed by atoms with Crippen molar-refractivity contribution in [3.63, 3.8) is 0 Å². The lowest BCUT2D eigenvalue weighted by Crippen LogP contribution is -2.19. The second kappa shape index (κ2) is 4.99. The third-order valence-corrected chi connectivity index (χ3v) is 1.92. The van der Waals surface area contributed by atoms with E-state index in [-0.39, 0.29) is 6.42 Å². The number of phenolic OH excluding ortho intramolecular Hbond substituents is 1. The maximum absolute atomic E-state index is 12.9. The van der Waals surface area contributed by atoms with Gasteiger partial charge in [-0.1, -0.05) is 11.2 Å². The summed E-state index contributed by atoms with van der Waals surface area (Å²) in [6, 6.07) is 2.19. The maximum Gasteiger partial charge on any atom is 0.312 e. The molecule has 0 spiro atoms. The molecule has 2 N–H and O–H groups in total. The zero-order chi connectivity index (χ0) is 12.1. The molecule has 1 atom stereocenters. The van der Waals surface area contributed by atoms with Gasteiger partial charge >= 0.3 is 5.97 Å². The van der Waals surface area contributed by atoms with Gasteiger partial charge in [0.15, 0.2) is 11.6 Å². The lowest BCUT2D eigenvalue weighted by Gasteiger charge is -2.06. The molecule has 1 aromatic carbocycles. The van der Waals surface area contributed by atoms with Gasteiger partial charge in [0.2, 0.25) is 0 Å². The first-order chi connectivity index (χ1) is 7.54. The van der Waals surface area contributed by atoms with Crippen LogP contribution in [0.3, 0.4) is 0 Å². The standard InChI is InChI=1S/C9H8FN3O3/c10-6-3-5(1-2-8(6)14)4-7(9(15)16)12-13-11/h1-3,7,14H,4H2,(H,15,16). The number of aliphatic carboxylic acids is 1. The summed E-state index contributed by atoms with van der Waals surface area (Å²) >= 11 is 0. The van der Waals surface area contributed by atoms with Crippen molar-refractivity contribution in [3.8, 4) is 5.75 Å². The van der Waals surface area contributed by atoms with Crippen molar-refractivity contribution in [1.29, 1.82) is 0 Å². The van der Waals surface area contributed by atoms with Crippen LogP contribution in [0, 0.1) is 5.82 Å². The van der Waals surface area contributed by atoms with E-state index in [4.69, 9.17) is 15.7 Å². The average Bonchev–Trinajstić information content (AvgIpc) is 2.22. The van der Waals surface area contributed by atoms with E-state index >= 15 is 0 Å². The van der Waals surface area contributed by atoms with Crippen LogP contribution in [0.4, 0.5) is 4.39 Å². The Morgan fingerprint density at radius 1 is 1.62 bits per heavy atom. The van der Waals surface area contributed by atoms with Crippen molar-refractivity contribution in [1.82, 2.24) is 0 Å². The van der Waals surface area contributed by atoms with Gasteiger partial charge in [-0.2, -0.15) is 0 Å². The molecule has 84 valence electrons.